The lowest BCUT2D eigenvalue weighted by atomic mass is 10.4. The van der Waals surface area contributed by atoms with Gasteiger partial charge in [0.15, 0.2) is 0 Å². The van der Waals surface area contributed by atoms with Gasteiger partial charge in [0.1, 0.15) is 0 Å². The highest BCUT2D eigenvalue weighted by Gasteiger charge is 1.93. The molecule has 0 rings (SSSR count). The van der Waals surface area contributed by atoms with Crippen LogP contribution in [0.25, 0.3) is 0 Å². The summed E-state index contributed by atoms with van der Waals surface area (Å²) >= 11 is -2.35. The lowest BCUT2D eigenvalue weighted by Crippen LogP contribution is -2.15. The Labute approximate surface area is 63.4 Å². The third-order valence-electron chi connectivity index (χ3n) is 0.927. The third-order valence-corrected chi connectivity index (χ3v) is 1.29. The minimum atomic E-state index is -2.35. The molecule has 10 heavy (non-hydrogen) atoms. The predicted molar refractivity (Wildman–Crippen MR) is 37.9 cm³/mol. The van der Waals surface area contributed by atoms with Crippen molar-refractivity contribution >= 4 is 11.4 Å². The fraction of sp³-hybridized carbons (Fsp3) is 1.00. The minimum absolute atomic E-state index is 0.267. The maximum atomic E-state index is 9.79. The van der Waals surface area contributed by atoms with Crippen LogP contribution in [0.3, 0.4) is 0 Å². The Kier molecular flexibility index (Phi) is 7.16. The quantitative estimate of drug-likeness (QED) is 0.565. The van der Waals surface area contributed by atoms with E-state index in [1.165, 1.54) is 0 Å². The number of hydrogen-bond acceptors (Lipinski definition) is 3. The van der Waals surface area contributed by atoms with E-state index in [-0.39, 0.29) is 6.61 Å². The molecule has 0 heterocycles. The van der Waals surface area contributed by atoms with Crippen molar-refractivity contribution in [2.45, 2.75) is 13.3 Å². The molecule has 0 saturated carbocycles. The van der Waals surface area contributed by atoms with Gasteiger partial charge in [-0.1, -0.05) is 11.5 Å². The SMILES string of the molecule is CCNCCCOS([O])=O. The summed E-state index contributed by atoms with van der Waals surface area (Å²) in [6.45, 7) is 3.96. The van der Waals surface area contributed by atoms with E-state index in [2.05, 4.69) is 9.50 Å². The molecule has 0 fully saturated rings. The Morgan fingerprint density at radius 1 is 1.60 bits per heavy atom. The summed E-state index contributed by atoms with van der Waals surface area (Å²) in [5, 5.41) is 3.04. The Morgan fingerprint density at radius 3 is 2.80 bits per heavy atom. The van der Waals surface area contributed by atoms with E-state index in [0.29, 0.717) is 0 Å². The molecule has 0 aromatic heterocycles. The summed E-state index contributed by atoms with van der Waals surface area (Å²) in [6.07, 6.45) is 0.724. The largest absolute Gasteiger partial charge is 0.334 e. The van der Waals surface area contributed by atoms with E-state index in [1.54, 1.807) is 0 Å². The topological polar surface area (TPSA) is 58.2 Å². The van der Waals surface area contributed by atoms with Gasteiger partial charge in [-0.2, -0.15) is 4.21 Å². The lowest BCUT2D eigenvalue weighted by molar-refractivity contribution is 0.278. The van der Waals surface area contributed by atoms with Crippen LogP contribution >= 0.6 is 0 Å². The highest BCUT2D eigenvalue weighted by Crippen LogP contribution is 1.83. The first-order valence-corrected chi connectivity index (χ1v) is 4.20. The molecular formula is C5H12NO3S. The second kappa shape index (κ2) is 7.14. The molecule has 1 unspecified atom stereocenters. The highest BCUT2D eigenvalue weighted by atomic mass is 32.2. The first-order valence-electron chi connectivity index (χ1n) is 3.20. The van der Waals surface area contributed by atoms with Gasteiger partial charge in [0.05, 0.1) is 6.61 Å². The monoisotopic (exact) mass is 166 g/mol. The number of rotatable bonds is 6. The zero-order valence-electron chi connectivity index (χ0n) is 5.96. The van der Waals surface area contributed by atoms with Crippen LogP contribution < -0.4 is 5.32 Å². The van der Waals surface area contributed by atoms with Crippen LogP contribution in [-0.2, 0) is 20.1 Å². The molecule has 0 aromatic rings. The van der Waals surface area contributed by atoms with Crippen LogP contribution in [0.5, 0.6) is 0 Å². The van der Waals surface area contributed by atoms with Crippen LogP contribution in [-0.4, -0.2) is 23.9 Å². The fourth-order valence-electron chi connectivity index (χ4n) is 0.501. The van der Waals surface area contributed by atoms with Crippen molar-refractivity contribution < 1.29 is 12.9 Å². The van der Waals surface area contributed by atoms with E-state index in [0.717, 1.165) is 19.5 Å². The molecule has 0 aliphatic carbocycles. The first-order chi connectivity index (χ1) is 4.77. The standard InChI is InChI=1S/C5H12NO3S/c1-2-6-4-3-5-9-10(7)8/h6H,2-5H2,1H3. The van der Waals surface area contributed by atoms with Crippen molar-refractivity contribution in [1.82, 2.24) is 5.32 Å². The highest BCUT2D eigenvalue weighted by molar-refractivity contribution is 7.73. The molecule has 5 heteroatoms. The van der Waals surface area contributed by atoms with Gasteiger partial charge in [-0.05, 0) is 19.5 Å². The molecule has 0 aliphatic rings. The molecule has 61 valence electrons. The lowest BCUT2D eigenvalue weighted by Gasteiger charge is -1.98. The Balaban J connectivity index is 2.84. The van der Waals surface area contributed by atoms with Gasteiger partial charge in [-0.25, -0.2) is 0 Å². The van der Waals surface area contributed by atoms with Crippen molar-refractivity contribution in [2.24, 2.45) is 0 Å². The smallest absolute Gasteiger partial charge is 0.317 e. The molecule has 0 bridgehead atoms. The van der Waals surface area contributed by atoms with Gasteiger partial charge in [0.25, 0.3) is 0 Å². The Morgan fingerprint density at radius 2 is 2.30 bits per heavy atom. The summed E-state index contributed by atoms with van der Waals surface area (Å²) in [5.74, 6) is 0. The second-order valence-electron chi connectivity index (χ2n) is 1.73. The molecule has 1 radical (unpaired) electrons. The van der Waals surface area contributed by atoms with Gasteiger partial charge in [-0.3, -0.25) is 4.18 Å². The predicted octanol–water partition coefficient (Wildman–Crippen LogP) is 0.0118. The van der Waals surface area contributed by atoms with Crippen LogP contribution in [0.4, 0.5) is 0 Å². The van der Waals surface area contributed by atoms with E-state index in [9.17, 15) is 8.76 Å². The van der Waals surface area contributed by atoms with Crippen LogP contribution in [0, 0.1) is 0 Å². The zero-order chi connectivity index (χ0) is 7.82. The maximum absolute atomic E-state index is 9.79. The molecule has 4 nitrogen and oxygen atoms in total. The molecule has 1 N–H and O–H groups in total. The second-order valence-corrected chi connectivity index (χ2v) is 2.38. The van der Waals surface area contributed by atoms with Crippen molar-refractivity contribution in [3.8, 4) is 0 Å². The molecule has 0 spiro atoms. The normalized spacial score (nSPS) is 13.4. The van der Waals surface area contributed by atoms with Gasteiger partial charge in [0.2, 0.25) is 0 Å². The van der Waals surface area contributed by atoms with Crippen LogP contribution in [0.1, 0.15) is 13.3 Å². The summed E-state index contributed by atoms with van der Waals surface area (Å²) in [5.41, 5.74) is 0. The van der Waals surface area contributed by atoms with Crippen molar-refractivity contribution in [3.63, 3.8) is 0 Å². The van der Waals surface area contributed by atoms with Crippen molar-refractivity contribution in [1.29, 1.82) is 0 Å². The molecule has 0 saturated heterocycles. The summed E-state index contributed by atoms with van der Waals surface area (Å²) < 4.78 is 23.8. The summed E-state index contributed by atoms with van der Waals surface area (Å²) in [6, 6.07) is 0. The average Bonchev–Trinajstić information content (AvgIpc) is 1.87. The van der Waals surface area contributed by atoms with Crippen molar-refractivity contribution in [2.75, 3.05) is 19.7 Å². The summed E-state index contributed by atoms with van der Waals surface area (Å²) in [7, 11) is 0. The fourth-order valence-corrected chi connectivity index (χ4v) is 0.755. The Bertz CT molecular complexity index is 98.9. The Hall–Kier alpha value is 0.0300. The zero-order valence-corrected chi connectivity index (χ0v) is 6.78. The molecule has 1 atom stereocenters. The third kappa shape index (κ3) is 8.03. The van der Waals surface area contributed by atoms with Crippen LogP contribution in [0.15, 0.2) is 0 Å². The van der Waals surface area contributed by atoms with Crippen LogP contribution in [0.2, 0.25) is 0 Å². The van der Waals surface area contributed by atoms with Gasteiger partial charge in [0, 0.05) is 0 Å². The average molecular weight is 166 g/mol. The number of nitrogens with one attached hydrogen (secondary N) is 1. The maximum Gasteiger partial charge on any atom is 0.334 e. The number of hydrogen-bond donors (Lipinski definition) is 1. The molecule has 0 amide bonds. The molecule has 0 aliphatic heterocycles. The first kappa shape index (κ1) is 10.0. The molecular weight excluding hydrogens is 154 g/mol. The minimum Gasteiger partial charge on any atom is -0.317 e. The van der Waals surface area contributed by atoms with E-state index < -0.39 is 11.4 Å². The van der Waals surface area contributed by atoms with E-state index in [4.69, 9.17) is 0 Å². The van der Waals surface area contributed by atoms with Gasteiger partial charge < -0.3 is 5.32 Å². The van der Waals surface area contributed by atoms with Gasteiger partial charge >= 0.3 is 11.4 Å². The molecule has 0 aromatic carbocycles. The summed E-state index contributed by atoms with van der Waals surface area (Å²) in [4.78, 5) is 0. The van der Waals surface area contributed by atoms with Gasteiger partial charge in [-0.15, -0.1) is 0 Å². The van der Waals surface area contributed by atoms with Crippen molar-refractivity contribution in [3.05, 3.63) is 0 Å². The van der Waals surface area contributed by atoms with E-state index in [1.807, 2.05) is 6.92 Å². The van der Waals surface area contributed by atoms with E-state index >= 15 is 0 Å².